The number of rotatable bonds is 8. The van der Waals surface area contributed by atoms with Crippen LogP contribution in [0.15, 0.2) is 60.7 Å². The first-order valence-electron chi connectivity index (χ1n) is 12.1. The lowest BCUT2D eigenvalue weighted by atomic mass is 9.87. The van der Waals surface area contributed by atoms with Crippen LogP contribution in [0.1, 0.15) is 54.9 Å². The van der Waals surface area contributed by atoms with Crippen molar-refractivity contribution in [1.82, 2.24) is 0 Å². The molecule has 2 aromatic carbocycles. The van der Waals surface area contributed by atoms with Gasteiger partial charge in [-0.2, -0.15) is 0 Å². The molecule has 1 fully saturated rings. The Kier molecular flexibility index (Phi) is 7.78. The fourth-order valence-electron chi connectivity index (χ4n) is 5.19. The van der Waals surface area contributed by atoms with Gasteiger partial charge in [-0.15, -0.1) is 0 Å². The Morgan fingerprint density at radius 3 is 1.94 bits per heavy atom. The highest BCUT2D eigenvalue weighted by Gasteiger charge is 2.62. The Balaban J connectivity index is 2.18. The zero-order chi connectivity index (χ0) is 25.2. The summed E-state index contributed by atoms with van der Waals surface area (Å²) in [5.41, 5.74) is -1.36. The zero-order valence-corrected chi connectivity index (χ0v) is 22.9. The van der Waals surface area contributed by atoms with Crippen molar-refractivity contribution in [2.45, 2.75) is 77.4 Å². The van der Waals surface area contributed by atoms with E-state index in [9.17, 15) is 4.79 Å². The third kappa shape index (κ3) is 4.74. The lowest BCUT2D eigenvalue weighted by Crippen LogP contribution is -2.69. The Labute approximate surface area is 205 Å². The Bertz CT molecular complexity index is 914. The highest BCUT2D eigenvalue weighted by Crippen LogP contribution is 2.44. The number of hydrogen-bond acceptors (Lipinski definition) is 5. The molecule has 0 N–H and O–H groups in total. The van der Waals surface area contributed by atoms with Crippen molar-refractivity contribution in [1.29, 1.82) is 0 Å². The Morgan fingerprint density at radius 1 is 1.03 bits per heavy atom. The predicted octanol–water partition coefficient (Wildman–Crippen LogP) is 4.67. The van der Waals surface area contributed by atoms with Gasteiger partial charge in [-0.25, -0.2) is 4.79 Å². The van der Waals surface area contributed by atoms with Gasteiger partial charge in [0.25, 0.3) is 8.32 Å². The number of esters is 1. The first kappa shape index (κ1) is 26.6. The minimum absolute atomic E-state index is 0.0470. The van der Waals surface area contributed by atoms with E-state index >= 15 is 0 Å². The van der Waals surface area contributed by atoms with Gasteiger partial charge in [0.15, 0.2) is 5.79 Å². The van der Waals surface area contributed by atoms with Crippen molar-refractivity contribution in [3.8, 4) is 0 Å². The van der Waals surface area contributed by atoms with E-state index in [4.69, 9.17) is 18.6 Å². The average Bonchev–Trinajstić information content (AvgIpc) is 3.10. The summed E-state index contributed by atoms with van der Waals surface area (Å²) in [6, 6.07) is 20.8. The van der Waals surface area contributed by atoms with Gasteiger partial charge in [-0.05, 0) is 35.2 Å². The summed E-state index contributed by atoms with van der Waals surface area (Å²) >= 11 is 0. The second kappa shape index (κ2) is 9.94. The van der Waals surface area contributed by atoms with Gasteiger partial charge in [0, 0.05) is 0 Å². The lowest BCUT2D eigenvalue weighted by molar-refractivity contribution is -0.192. The van der Waals surface area contributed by atoms with Crippen LogP contribution in [0.5, 0.6) is 0 Å². The molecule has 2 aromatic rings. The molecule has 34 heavy (non-hydrogen) atoms. The number of methoxy groups -OCH3 is 1. The van der Waals surface area contributed by atoms with Crippen molar-refractivity contribution in [3.63, 3.8) is 0 Å². The van der Waals surface area contributed by atoms with Crippen LogP contribution in [-0.2, 0) is 23.4 Å². The summed E-state index contributed by atoms with van der Waals surface area (Å²) in [5, 5.41) is 2.06. The summed E-state index contributed by atoms with van der Waals surface area (Å²) in [6.45, 7) is 14.5. The standard InChI is InChI=1S/C28H40O5Si/c1-9-21(2)24-28(25(29)30-8,33-27(6,7)32-24)20-31-34(26(3,4)5,22-16-12-10-13-17-22)23-18-14-11-15-19-23/h10-19,21,24H,9,20H2,1-8H3/t21-,24-,28+/m0/s1. The van der Waals surface area contributed by atoms with E-state index in [-0.39, 0.29) is 17.6 Å². The molecule has 3 atom stereocenters. The molecule has 0 saturated carbocycles. The lowest BCUT2D eigenvalue weighted by Gasteiger charge is -2.45. The minimum Gasteiger partial charge on any atom is -0.467 e. The monoisotopic (exact) mass is 484 g/mol. The molecule has 6 heteroatoms. The normalized spacial score (nSPS) is 23.5. The van der Waals surface area contributed by atoms with Crippen LogP contribution in [0.25, 0.3) is 0 Å². The van der Waals surface area contributed by atoms with Gasteiger partial charge in [-0.3, -0.25) is 0 Å². The first-order valence-corrected chi connectivity index (χ1v) is 14.1. The molecule has 1 aliphatic rings. The van der Waals surface area contributed by atoms with E-state index in [2.05, 4.69) is 58.9 Å². The summed E-state index contributed by atoms with van der Waals surface area (Å²) in [5.74, 6) is -1.32. The van der Waals surface area contributed by atoms with Gasteiger partial charge in [-0.1, -0.05) is 102 Å². The Morgan fingerprint density at radius 2 is 1.53 bits per heavy atom. The zero-order valence-electron chi connectivity index (χ0n) is 21.9. The Hall–Kier alpha value is -1.99. The van der Waals surface area contributed by atoms with E-state index < -0.39 is 31.8 Å². The van der Waals surface area contributed by atoms with Crippen molar-refractivity contribution in [2.24, 2.45) is 5.92 Å². The maximum Gasteiger partial charge on any atom is 0.343 e. The molecule has 0 aromatic heterocycles. The summed E-state index contributed by atoms with van der Waals surface area (Å²) in [6.07, 6.45) is 0.348. The van der Waals surface area contributed by atoms with Gasteiger partial charge < -0.3 is 18.6 Å². The van der Waals surface area contributed by atoms with E-state index in [1.54, 1.807) is 0 Å². The van der Waals surface area contributed by atoms with Crippen LogP contribution in [0.3, 0.4) is 0 Å². The first-order chi connectivity index (χ1) is 15.9. The second-order valence-electron chi connectivity index (χ2n) is 10.8. The van der Waals surface area contributed by atoms with Crippen molar-refractivity contribution >= 4 is 24.7 Å². The molecule has 5 nitrogen and oxygen atoms in total. The molecule has 0 radical (unpaired) electrons. The third-order valence-corrected chi connectivity index (χ3v) is 11.9. The molecule has 0 spiro atoms. The predicted molar refractivity (Wildman–Crippen MR) is 138 cm³/mol. The van der Waals surface area contributed by atoms with Crippen LogP contribution in [0.4, 0.5) is 0 Å². The average molecular weight is 485 g/mol. The molecule has 0 amide bonds. The molecular weight excluding hydrogens is 444 g/mol. The maximum atomic E-state index is 13.4. The number of ether oxygens (including phenoxy) is 3. The molecule has 1 heterocycles. The summed E-state index contributed by atoms with van der Waals surface area (Å²) < 4.78 is 25.2. The summed E-state index contributed by atoms with van der Waals surface area (Å²) in [7, 11) is -1.49. The van der Waals surface area contributed by atoms with Crippen molar-refractivity contribution < 1.29 is 23.4 Å². The highest BCUT2D eigenvalue weighted by molar-refractivity contribution is 6.99. The number of carbonyl (C=O) groups is 1. The smallest absolute Gasteiger partial charge is 0.343 e. The molecular formula is C28H40O5Si. The van der Waals surface area contributed by atoms with E-state index in [1.807, 2.05) is 50.2 Å². The molecule has 1 saturated heterocycles. The third-order valence-electron chi connectivity index (χ3n) is 6.91. The molecule has 0 unspecified atom stereocenters. The van der Waals surface area contributed by atoms with E-state index in [0.29, 0.717) is 0 Å². The maximum absolute atomic E-state index is 13.4. The number of hydrogen-bond donors (Lipinski definition) is 0. The van der Waals surface area contributed by atoms with Crippen LogP contribution >= 0.6 is 0 Å². The molecule has 0 aliphatic carbocycles. The van der Waals surface area contributed by atoms with E-state index in [0.717, 1.165) is 16.8 Å². The minimum atomic E-state index is -2.89. The van der Waals surface area contributed by atoms with Crippen molar-refractivity contribution in [2.75, 3.05) is 13.7 Å². The highest BCUT2D eigenvalue weighted by atomic mass is 28.4. The van der Waals surface area contributed by atoms with Gasteiger partial charge in [0.2, 0.25) is 5.60 Å². The van der Waals surface area contributed by atoms with Gasteiger partial charge >= 0.3 is 5.97 Å². The fourth-order valence-corrected chi connectivity index (χ4v) is 9.78. The molecule has 186 valence electrons. The number of carbonyl (C=O) groups excluding carboxylic acids is 1. The van der Waals surface area contributed by atoms with Gasteiger partial charge in [0.05, 0.1) is 13.7 Å². The van der Waals surface area contributed by atoms with Crippen molar-refractivity contribution in [3.05, 3.63) is 60.7 Å². The fraction of sp³-hybridized carbons (Fsp3) is 0.536. The molecule has 1 aliphatic heterocycles. The SMILES string of the molecule is CC[C@H](C)[C@@H]1OC(C)(C)O[C@@]1(CO[Si](c1ccccc1)(c1ccccc1)C(C)(C)C)C(=O)OC. The molecule has 0 bridgehead atoms. The quantitative estimate of drug-likeness (QED) is 0.403. The second-order valence-corrected chi connectivity index (χ2v) is 15.1. The molecule has 3 rings (SSSR count). The van der Waals surface area contributed by atoms with E-state index in [1.165, 1.54) is 7.11 Å². The largest absolute Gasteiger partial charge is 0.467 e. The van der Waals surface area contributed by atoms with Gasteiger partial charge in [0.1, 0.15) is 6.10 Å². The van der Waals surface area contributed by atoms with Crippen LogP contribution in [0, 0.1) is 5.92 Å². The van der Waals surface area contributed by atoms with Crippen LogP contribution < -0.4 is 10.4 Å². The number of benzene rings is 2. The summed E-state index contributed by atoms with van der Waals surface area (Å²) in [4.78, 5) is 13.4. The van der Waals surface area contributed by atoms with Crippen LogP contribution in [0.2, 0.25) is 5.04 Å². The topological polar surface area (TPSA) is 54.0 Å². The van der Waals surface area contributed by atoms with Crippen LogP contribution in [-0.4, -0.2) is 45.5 Å².